The van der Waals surface area contributed by atoms with Crippen LogP contribution in [-0.4, -0.2) is 86.0 Å². The van der Waals surface area contributed by atoms with Crippen LogP contribution in [0.4, 0.5) is 0 Å². The van der Waals surface area contributed by atoms with Gasteiger partial charge in [-0.25, -0.2) is 14.2 Å². The summed E-state index contributed by atoms with van der Waals surface area (Å²) in [4.78, 5) is 61.9. The van der Waals surface area contributed by atoms with Crippen molar-refractivity contribution in [2.75, 3.05) is 14.2 Å². The molecule has 17 nitrogen and oxygen atoms in total. The zero-order chi connectivity index (χ0) is 41.2. The van der Waals surface area contributed by atoms with Gasteiger partial charge in [-0.1, -0.05) is 41.5 Å². The van der Waals surface area contributed by atoms with Gasteiger partial charge in [-0.05, 0) is 65.2 Å². The summed E-state index contributed by atoms with van der Waals surface area (Å²) in [6.45, 7) is 23.2. The maximum absolute atomic E-state index is 12.6. The summed E-state index contributed by atoms with van der Waals surface area (Å²) in [7, 11) is -1.49. The molecule has 3 N–H and O–H groups in total. The molecular formula is C36H61N4O13P. The molecular weight excluding hydrogens is 727 g/mol. The molecule has 308 valence electrons. The van der Waals surface area contributed by atoms with Crippen molar-refractivity contribution >= 4 is 7.82 Å². The van der Waals surface area contributed by atoms with Crippen LogP contribution in [0.3, 0.4) is 0 Å². The fourth-order valence-corrected chi connectivity index (χ4v) is 7.65. The molecule has 2 aliphatic rings. The standard InChI is InChI=1S/C18H31N2O8P.C18H30N2O5/c1-17(2,3)10-11-13(27-29(23,24)28-18(4,5)6)14(25-7)15(26-11)20-9-8-12(21)19-16(20)22;1-17(2,3)10-11-13(25-18(4,5)6)14(23-7)15(24-11)20-9-8-12(21)19-16(20)22/h8-9,11,13-15H,10H2,1-7H3,(H,23,24)(H,19,21,22);8-9,11,13-15H,10H2,1-7H3,(H,19,21,22)/t2*11-,13+,14?,15-/m11/s1. The van der Waals surface area contributed by atoms with Crippen LogP contribution in [0, 0.1) is 10.8 Å². The van der Waals surface area contributed by atoms with Crippen molar-refractivity contribution in [2.24, 2.45) is 10.8 Å². The van der Waals surface area contributed by atoms with Crippen molar-refractivity contribution in [3.05, 3.63) is 66.2 Å². The van der Waals surface area contributed by atoms with E-state index in [9.17, 15) is 28.6 Å². The minimum atomic E-state index is -4.46. The SMILES string of the molecule is COC1[C@@H](OC(C)(C)C)[C@@H](CC(C)(C)C)O[C@H]1n1ccc(=O)[nH]c1=O.COC1[C@@H](OP(=O)(O)OC(C)(C)C)[C@@H](CC(C)(C)C)O[C@H]1n1ccc(=O)[nH]c1=O. The Morgan fingerprint density at radius 2 is 1.06 bits per heavy atom. The van der Waals surface area contributed by atoms with Gasteiger partial charge in [0.1, 0.15) is 24.4 Å². The first-order valence-corrected chi connectivity index (χ1v) is 19.4. The van der Waals surface area contributed by atoms with E-state index in [0.717, 1.165) is 6.42 Å². The molecule has 0 spiro atoms. The smallest absolute Gasteiger partial charge is 0.374 e. The van der Waals surface area contributed by atoms with E-state index < -0.39 is 72.8 Å². The zero-order valence-corrected chi connectivity index (χ0v) is 34.9. The Morgan fingerprint density at radius 1 is 0.667 bits per heavy atom. The number of hydrogen-bond donors (Lipinski definition) is 3. The molecule has 0 bridgehead atoms. The number of rotatable bonds is 10. The quantitative estimate of drug-likeness (QED) is 0.288. The lowest BCUT2D eigenvalue weighted by Crippen LogP contribution is -2.43. The van der Waals surface area contributed by atoms with Crippen LogP contribution in [0.15, 0.2) is 43.7 Å². The predicted octanol–water partition coefficient (Wildman–Crippen LogP) is 4.25. The predicted molar refractivity (Wildman–Crippen MR) is 200 cm³/mol. The number of aromatic nitrogens is 4. The highest BCUT2D eigenvalue weighted by atomic mass is 31.2. The van der Waals surface area contributed by atoms with Crippen molar-refractivity contribution in [1.29, 1.82) is 0 Å². The van der Waals surface area contributed by atoms with Crippen LogP contribution in [0.25, 0.3) is 0 Å². The van der Waals surface area contributed by atoms with Gasteiger partial charge in [0.15, 0.2) is 12.5 Å². The number of hydrogen-bond acceptors (Lipinski definition) is 12. The Labute approximate surface area is 316 Å². The maximum Gasteiger partial charge on any atom is 0.473 e. The van der Waals surface area contributed by atoms with Gasteiger partial charge in [-0.2, -0.15) is 0 Å². The maximum atomic E-state index is 12.6. The Morgan fingerprint density at radius 3 is 1.39 bits per heavy atom. The molecule has 0 aromatic carbocycles. The molecule has 18 heteroatoms. The highest BCUT2D eigenvalue weighted by molar-refractivity contribution is 7.47. The highest BCUT2D eigenvalue weighted by Gasteiger charge is 2.52. The summed E-state index contributed by atoms with van der Waals surface area (Å²) in [5.41, 5.74) is -3.68. The van der Waals surface area contributed by atoms with Crippen LogP contribution in [-0.2, 0) is 37.3 Å². The van der Waals surface area contributed by atoms with Crippen LogP contribution >= 0.6 is 7.82 Å². The number of H-pyrrole nitrogens is 2. The fraction of sp³-hybridized carbons (Fsp3) is 0.778. The van der Waals surface area contributed by atoms with Crippen molar-refractivity contribution in [3.63, 3.8) is 0 Å². The van der Waals surface area contributed by atoms with Crippen molar-refractivity contribution in [1.82, 2.24) is 19.1 Å². The molecule has 0 radical (unpaired) electrons. The van der Waals surface area contributed by atoms with Crippen LogP contribution in [0.1, 0.15) is 108 Å². The topological polar surface area (TPSA) is 212 Å². The average Bonchev–Trinajstić information content (AvgIpc) is 3.45. The number of methoxy groups -OCH3 is 2. The van der Waals surface area contributed by atoms with E-state index in [1.165, 1.54) is 40.8 Å². The second-order valence-electron chi connectivity index (χ2n) is 18.0. The summed E-state index contributed by atoms with van der Waals surface area (Å²) in [5, 5.41) is 0. The third-order valence-corrected chi connectivity index (χ3v) is 9.42. The van der Waals surface area contributed by atoms with Crippen molar-refractivity contribution in [2.45, 2.75) is 156 Å². The van der Waals surface area contributed by atoms with Gasteiger partial charge in [0.05, 0.1) is 23.4 Å². The molecule has 2 aliphatic heterocycles. The van der Waals surface area contributed by atoms with Crippen LogP contribution in [0.2, 0.25) is 0 Å². The Hall–Kier alpha value is -2.73. The number of phosphoric acid groups is 1. The van der Waals surface area contributed by atoms with Crippen molar-refractivity contribution in [3.8, 4) is 0 Å². The van der Waals surface area contributed by atoms with E-state index in [4.69, 9.17) is 32.7 Å². The average molecular weight is 789 g/mol. The molecule has 0 aliphatic carbocycles. The van der Waals surface area contributed by atoms with Gasteiger partial charge >= 0.3 is 19.2 Å². The molecule has 3 unspecified atom stereocenters. The van der Waals surface area contributed by atoms with E-state index >= 15 is 0 Å². The van der Waals surface area contributed by atoms with Gasteiger partial charge in [0, 0.05) is 38.7 Å². The van der Waals surface area contributed by atoms with Crippen molar-refractivity contribution < 1.29 is 42.2 Å². The molecule has 4 heterocycles. The Kier molecular flexibility index (Phi) is 14.5. The summed E-state index contributed by atoms with van der Waals surface area (Å²) in [6, 6.07) is 2.48. The monoisotopic (exact) mass is 788 g/mol. The van der Waals surface area contributed by atoms with E-state index in [2.05, 4.69) is 30.7 Å². The molecule has 2 saturated heterocycles. The molecule has 2 aromatic heterocycles. The molecule has 0 amide bonds. The summed E-state index contributed by atoms with van der Waals surface area (Å²) in [6.07, 6.45) is -1.24. The van der Waals surface area contributed by atoms with Gasteiger partial charge in [0.2, 0.25) is 0 Å². The molecule has 4 rings (SSSR count). The number of aromatic amines is 2. The third-order valence-electron chi connectivity index (χ3n) is 8.13. The van der Waals surface area contributed by atoms with E-state index in [1.807, 2.05) is 41.5 Å². The summed E-state index contributed by atoms with van der Waals surface area (Å²) in [5.74, 6) is 0. The lowest BCUT2D eigenvalue weighted by Gasteiger charge is -2.32. The zero-order valence-electron chi connectivity index (χ0n) is 34.0. The molecule has 0 saturated carbocycles. The highest BCUT2D eigenvalue weighted by Crippen LogP contribution is 2.52. The first-order chi connectivity index (χ1) is 24.5. The van der Waals surface area contributed by atoms with E-state index in [-0.39, 0.29) is 28.6 Å². The molecule has 2 fully saturated rings. The summed E-state index contributed by atoms with van der Waals surface area (Å²) < 4.78 is 55.5. The normalized spacial score (nSPS) is 27.7. The Balaban J connectivity index is 0.000000294. The van der Waals surface area contributed by atoms with Gasteiger partial charge in [0.25, 0.3) is 11.1 Å². The lowest BCUT2D eigenvalue weighted by molar-refractivity contribution is -0.124. The Bertz CT molecular complexity index is 1830. The van der Waals surface area contributed by atoms with E-state index in [1.54, 1.807) is 27.9 Å². The van der Waals surface area contributed by atoms with Crippen LogP contribution < -0.4 is 22.5 Å². The van der Waals surface area contributed by atoms with E-state index in [0.29, 0.717) is 6.42 Å². The lowest BCUT2D eigenvalue weighted by atomic mass is 9.87. The largest absolute Gasteiger partial charge is 0.473 e. The molecule has 9 atom stereocenters. The summed E-state index contributed by atoms with van der Waals surface area (Å²) >= 11 is 0. The number of ether oxygens (including phenoxy) is 5. The fourth-order valence-electron chi connectivity index (χ4n) is 6.36. The second kappa shape index (κ2) is 17.2. The molecule has 2 aromatic rings. The van der Waals surface area contributed by atoms with Gasteiger partial charge < -0.3 is 28.6 Å². The molecule has 54 heavy (non-hydrogen) atoms. The van der Waals surface area contributed by atoms with Gasteiger partial charge in [-0.15, -0.1) is 0 Å². The third kappa shape index (κ3) is 13.2. The van der Waals surface area contributed by atoms with Crippen LogP contribution in [0.5, 0.6) is 0 Å². The van der Waals surface area contributed by atoms with Gasteiger partial charge in [-0.3, -0.25) is 37.7 Å². The first-order valence-electron chi connectivity index (χ1n) is 17.9. The number of nitrogens with one attached hydrogen (secondary N) is 2. The number of phosphoric ester groups is 1. The number of nitrogens with zero attached hydrogens (tertiary/aromatic N) is 2. The minimum absolute atomic E-state index is 0.0211. The first kappa shape index (κ1) is 45.7. The second-order valence-corrected chi connectivity index (χ2v) is 19.4. The minimum Gasteiger partial charge on any atom is -0.374 e.